The first-order valence-electron chi connectivity index (χ1n) is 17.3. The smallest absolute Gasteiger partial charge is 0.0468 e. The summed E-state index contributed by atoms with van der Waals surface area (Å²) in [5, 5.41) is 5.10. The van der Waals surface area contributed by atoms with Crippen LogP contribution >= 0.6 is 0 Å². The SMILES string of the molecule is CC1(C)c2ccccc2-c2ccc3ccc(N(c4ccc5c(c4)C(C)(C)C(C)(C)c4ccccc4-5)c4ccc5ccccc5c4)cc3c21. The van der Waals surface area contributed by atoms with Gasteiger partial charge in [-0.25, -0.2) is 0 Å². The highest BCUT2D eigenvalue weighted by Crippen LogP contribution is 2.56. The number of fused-ring (bicyclic) bond motifs is 9. The van der Waals surface area contributed by atoms with E-state index < -0.39 is 0 Å². The van der Waals surface area contributed by atoms with Crippen molar-refractivity contribution in [3.05, 3.63) is 162 Å². The van der Waals surface area contributed by atoms with E-state index in [2.05, 4.69) is 186 Å². The van der Waals surface area contributed by atoms with Crippen LogP contribution in [0.3, 0.4) is 0 Å². The first kappa shape index (κ1) is 29.0. The topological polar surface area (TPSA) is 3.24 Å². The molecule has 0 aliphatic heterocycles. The zero-order chi connectivity index (χ0) is 33.0. The summed E-state index contributed by atoms with van der Waals surface area (Å²) in [4.78, 5) is 2.48. The van der Waals surface area contributed by atoms with Crippen molar-refractivity contribution in [1.29, 1.82) is 0 Å². The van der Waals surface area contributed by atoms with Crippen molar-refractivity contribution in [1.82, 2.24) is 0 Å². The molecular weight excluding hydrogens is 579 g/mol. The van der Waals surface area contributed by atoms with E-state index in [1.54, 1.807) is 0 Å². The highest BCUT2D eigenvalue weighted by molar-refractivity contribution is 6.00. The number of benzene rings is 7. The molecule has 0 amide bonds. The molecule has 0 saturated carbocycles. The molecular formula is C47H41N. The quantitative estimate of drug-likeness (QED) is 0.190. The summed E-state index contributed by atoms with van der Waals surface area (Å²) >= 11 is 0. The Kier molecular flexibility index (Phi) is 6.01. The van der Waals surface area contributed by atoms with Gasteiger partial charge in [0.1, 0.15) is 0 Å². The van der Waals surface area contributed by atoms with Crippen LogP contribution in [0.15, 0.2) is 140 Å². The molecule has 234 valence electrons. The van der Waals surface area contributed by atoms with Gasteiger partial charge in [0.2, 0.25) is 0 Å². The van der Waals surface area contributed by atoms with Gasteiger partial charge in [0.05, 0.1) is 0 Å². The molecule has 0 spiro atoms. The minimum absolute atomic E-state index is 0.0346. The fourth-order valence-electron chi connectivity index (χ4n) is 8.86. The molecule has 0 unspecified atom stereocenters. The Morgan fingerprint density at radius 1 is 0.375 bits per heavy atom. The minimum Gasteiger partial charge on any atom is -0.310 e. The molecule has 7 aromatic rings. The molecule has 0 fully saturated rings. The van der Waals surface area contributed by atoms with Crippen molar-refractivity contribution in [3.63, 3.8) is 0 Å². The Morgan fingerprint density at radius 2 is 0.875 bits per heavy atom. The summed E-state index contributed by atoms with van der Waals surface area (Å²) in [5.74, 6) is 0. The monoisotopic (exact) mass is 619 g/mol. The van der Waals surface area contributed by atoms with Crippen LogP contribution in [0.2, 0.25) is 0 Å². The maximum atomic E-state index is 2.48. The fourth-order valence-corrected chi connectivity index (χ4v) is 8.86. The maximum Gasteiger partial charge on any atom is 0.0468 e. The van der Waals surface area contributed by atoms with Crippen molar-refractivity contribution in [2.45, 2.75) is 57.8 Å². The average Bonchev–Trinajstić information content (AvgIpc) is 3.34. The van der Waals surface area contributed by atoms with Crippen LogP contribution in [0.4, 0.5) is 17.1 Å². The lowest BCUT2D eigenvalue weighted by Gasteiger charge is -2.48. The maximum absolute atomic E-state index is 2.48. The lowest BCUT2D eigenvalue weighted by molar-refractivity contribution is 0.299. The van der Waals surface area contributed by atoms with Crippen LogP contribution in [0.1, 0.15) is 63.8 Å². The Morgan fingerprint density at radius 3 is 1.65 bits per heavy atom. The van der Waals surface area contributed by atoms with E-state index in [1.165, 1.54) is 77.4 Å². The lowest BCUT2D eigenvalue weighted by Crippen LogP contribution is -2.43. The second-order valence-corrected chi connectivity index (χ2v) is 15.5. The molecule has 9 rings (SSSR count). The van der Waals surface area contributed by atoms with Gasteiger partial charge in [0.25, 0.3) is 0 Å². The third kappa shape index (κ3) is 3.91. The molecule has 0 aromatic heterocycles. The molecule has 0 saturated heterocycles. The van der Waals surface area contributed by atoms with E-state index in [1.807, 2.05) is 0 Å². The molecule has 0 N–H and O–H groups in total. The van der Waals surface area contributed by atoms with Crippen LogP contribution in [-0.4, -0.2) is 0 Å². The van der Waals surface area contributed by atoms with Gasteiger partial charge < -0.3 is 4.90 Å². The fraction of sp³-hybridized carbons (Fsp3) is 0.191. The van der Waals surface area contributed by atoms with E-state index in [4.69, 9.17) is 0 Å². The van der Waals surface area contributed by atoms with E-state index in [-0.39, 0.29) is 16.2 Å². The number of hydrogen-bond donors (Lipinski definition) is 0. The van der Waals surface area contributed by atoms with Gasteiger partial charge >= 0.3 is 0 Å². The standard InChI is InChI=1S/C47H41N/c1-45(2)41-17-11-9-16-37(41)39-25-21-31-20-23-34(28-40(31)44(39)45)48(33-22-19-30-13-7-8-14-32(30)27-33)35-24-26-38-36-15-10-12-18-42(36)46(3,4)47(5,6)43(38)29-35/h7-29H,1-6H3. The first-order chi connectivity index (χ1) is 23.1. The third-order valence-electron chi connectivity index (χ3n) is 12.2. The summed E-state index contributed by atoms with van der Waals surface area (Å²) in [6.07, 6.45) is 0. The molecule has 0 bridgehead atoms. The molecule has 1 heteroatoms. The number of hydrogen-bond acceptors (Lipinski definition) is 1. The molecule has 7 aromatic carbocycles. The summed E-state index contributed by atoms with van der Waals surface area (Å²) < 4.78 is 0. The summed E-state index contributed by atoms with van der Waals surface area (Å²) in [6, 6.07) is 52.4. The summed E-state index contributed by atoms with van der Waals surface area (Å²) in [6.45, 7) is 14.4. The normalized spacial score (nSPS) is 16.2. The van der Waals surface area contributed by atoms with Gasteiger partial charge in [0, 0.05) is 22.5 Å². The Bertz CT molecular complexity index is 2440. The van der Waals surface area contributed by atoms with Gasteiger partial charge in [-0.15, -0.1) is 0 Å². The second kappa shape index (κ2) is 9.94. The van der Waals surface area contributed by atoms with Crippen molar-refractivity contribution in [2.75, 3.05) is 4.90 Å². The number of nitrogens with zero attached hydrogens (tertiary/aromatic N) is 1. The molecule has 2 aliphatic rings. The Hall–Kier alpha value is -5.14. The van der Waals surface area contributed by atoms with E-state index in [0.717, 1.165) is 5.69 Å². The van der Waals surface area contributed by atoms with Gasteiger partial charge in [-0.3, -0.25) is 0 Å². The molecule has 48 heavy (non-hydrogen) atoms. The number of rotatable bonds is 3. The molecule has 0 heterocycles. The van der Waals surface area contributed by atoms with E-state index in [0.29, 0.717) is 0 Å². The van der Waals surface area contributed by atoms with Gasteiger partial charge in [0.15, 0.2) is 0 Å². The minimum atomic E-state index is -0.0906. The first-order valence-corrected chi connectivity index (χ1v) is 17.3. The van der Waals surface area contributed by atoms with Gasteiger partial charge in [-0.05, 0) is 113 Å². The highest BCUT2D eigenvalue weighted by Gasteiger charge is 2.46. The molecule has 0 radical (unpaired) electrons. The predicted octanol–water partition coefficient (Wildman–Crippen LogP) is 13.0. The number of anilines is 3. The van der Waals surface area contributed by atoms with Crippen LogP contribution in [-0.2, 0) is 16.2 Å². The Labute approximate surface area is 284 Å². The van der Waals surface area contributed by atoms with Gasteiger partial charge in [-0.1, -0.05) is 145 Å². The molecule has 2 aliphatic carbocycles. The van der Waals surface area contributed by atoms with Crippen LogP contribution in [0.5, 0.6) is 0 Å². The van der Waals surface area contributed by atoms with Crippen LogP contribution in [0.25, 0.3) is 43.8 Å². The highest BCUT2D eigenvalue weighted by atomic mass is 15.1. The largest absolute Gasteiger partial charge is 0.310 e. The predicted molar refractivity (Wildman–Crippen MR) is 205 cm³/mol. The lowest BCUT2D eigenvalue weighted by atomic mass is 9.55. The van der Waals surface area contributed by atoms with Crippen LogP contribution in [0, 0.1) is 0 Å². The zero-order valence-electron chi connectivity index (χ0n) is 28.7. The van der Waals surface area contributed by atoms with Crippen molar-refractivity contribution >= 4 is 38.6 Å². The second-order valence-electron chi connectivity index (χ2n) is 15.5. The zero-order valence-corrected chi connectivity index (χ0v) is 28.7. The van der Waals surface area contributed by atoms with Gasteiger partial charge in [-0.2, -0.15) is 0 Å². The molecule has 1 nitrogen and oxygen atoms in total. The Balaban J connectivity index is 1.30. The summed E-state index contributed by atoms with van der Waals surface area (Å²) in [7, 11) is 0. The van der Waals surface area contributed by atoms with Crippen molar-refractivity contribution in [3.8, 4) is 22.3 Å². The molecule has 0 atom stereocenters. The van der Waals surface area contributed by atoms with Crippen molar-refractivity contribution in [2.24, 2.45) is 0 Å². The average molecular weight is 620 g/mol. The summed E-state index contributed by atoms with van der Waals surface area (Å²) in [5.41, 5.74) is 14.4. The van der Waals surface area contributed by atoms with E-state index in [9.17, 15) is 0 Å². The van der Waals surface area contributed by atoms with Crippen LogP contribution < -0.4 is 4.90 Å². The third-order valence-corrected chi connectivity index (χ3v) is 12.2. The van der Waals surface area contributed by atoms with Crippen molar-refractivity contribution < 1.29 is 0 Å². The van der Waals surface area contributed by atoms with E-state index >= 15 is 0 Å².